The van der Waals surface area contributed by atoms with E-state index in [1.807, 2.05) is 12.3 Å². The number of piperidine rings is 1. The summed E-state index contributed by atoms with van der Waals surface area (Å²) in [6.07, 6.45) is 3.90. The number of likely N-dealkylation sites (tertiary alicyclic amines) is 1. The molecule has 6 nitrogen and oxygen atoms in total. The molecule has 1 aromatic heterocycles. The van der Waals surface area contributed by atoms with E-state index in [1.54, 1.807) is 0 Å². The van der Waals surface area contributed by atoms with Gasteiger partial charge < -0.3 is 10.6 Å². The lowest BCUT2D eigenvalue weighted by Crippen LogP contribution is -2.44. The smallest absolute Gasteiger partial charge is 0.234 e. The van der Waals surface area contributed by atoms with Crippen LogP contribution in [0.15, 0.2) is 29.6 Å². The highest BCUT2D eigenvalue weighted by Gasteiger charge is 2.34. The molecule has 1 atom stereocenters. The molecule has 1 aromatic carbocycles. The second-order valence-corrected chi connectivity index (χ2v) is 9.49. The van der Waals surface area contributed by atoms with Crippen LogP contribution in [0.2, 0.25) is 0 Å². The third-order valence-corrected chi connectivity index (χ3v) is 6.90. The topological polar surface area (TPSA) is 74.3 Å². The SMILES string of the molecule is Cc1ccc(C(NC(=O)CN2CCC(C(=O)Nc3nc(C)cs3)CC2)C2CC2)cc1. The van der Waals surface area contributed by atoms with Crippen molar-refractivity contribution >= 4 is 28.3 Å². The van der Waals surface area contributed by atoms with Crippen molar-refractivity contribution in [3.05, 3.63) is 46.5 Å². The molecule has 2 aromatic rings. The second kappa shape index (κ2) is 9.27. The molecule has 1 unspecified atom stereocenters. The van der Waals surface area contributed by atoms with Crippen LogP contribution in [0.5, 0.6) is 0 Å². The molecule has 0 spiro atoms. The summed E-state index contributed by atoms with van der Waals surface area (Å²) in [5, 5.41) is 8.79. The summed E-state index contributed by atoms with van der Waals surface area (Å²) in [5.41, 5.74) is 3.35. The summed E-state index contributed by atoms with van der Waals surface area (Å²) in [6.45, 7) is 5.93. The Morgan fingerprint density at radius 3 is 2.43 bits per heavy atom. The maximum atomic E-state index is 12.7. The standard InChI is InChI=1S/C23H30N4O2S/c1-15-3-5-17(6-4-15)21(18-7-8-18)25-20(28)13-27-11-9-19(10-12-27)22(29)26-23-24-16(2)14-30-23/h3-6,14,18-19,21H,7-13H2,1-2H3,(H,25,28)(H,24,26,29). The molecule has 1 saturated carbocycles. The maximum Gasteiger partial charge on any atom is 0.234 e. The highest BCUT2D eigenvalue weighted by Crippen LogP contribution is 2.41. The molecular formula is C23H30N4O2S. The predicted octanol–water partition coefficient (Wildman–Crippen LogP) is 3.68. The van der Waals surface area contributed by atoms with Gasteiger partial charge in [-0.3, -0.25) is 14.5 Å². The number of hydrogen-bond acceptors (Lipinski definition) is 5. The highest BCUT2D eigenvalue weighted by molar-refractivity contribution is 7.13. The Morgan fingerprint density at radius 2 is 1.83 bits per heavy atom. The van der Waals surface area contributed by atoms with Crippen molar-refractivity contribution in [3.8, 4) is 0 Å². The average Bonchev–Trinajstić information content (AvgIpc) is 3.49. The quantitative estimate of drug-likeness (QED) is 0.708. The maximum absolute atomic E-state index is 12.7. The Balaban J connectivity index is 1.24. The largest absolute Gasteiger partial charge is 0.348 e. The van der Waals surface area contributed by atoms with Crippen LogP contribution in [-0.4, -0.2) is 41.3 Å². The molecule has 160 valence electrons. The van der Waals surface area contributed by atoms with Crippen LogP contribution in [-0.2, 0) is 9.59 Å². The number of thiazole rings is 1. The first-order valence-electron chi connectivity index (χ1n) is 10.8. The summed E-state index contributed by atoms with van der Waals surface area (Å²) < 4.78 is 0. The Morgan fingerprint density at radius 1 is 1.13 bits per heavy atom. The first-order valence-corrected chi connectivity index (χ1v) is 11.7. The molecule has 2 fully saturated rings. The molecule has 2 N–H and O–H groups in total. The van der Waals surface area contributed by atoms with Crippen LogP contribution in [0.25, 0.3) is 0 Å². The van der Waals surface area contributed by atoms with Gasteiger partial charge in [0, 0.05) is 11.3 Å². The Kier molecular flexibility index (Phi) is 6.49. The lowest BCUT2D eigenvalue weighted by atomic mass is 9.96. The number of aromatic nitrogens is 1. The summed E-state index contributed by atoms with van der Waals surface area (Å²) in [5.74, 6) is 0.663. The number of aryl methyl sites for hydroxylation is 2. The molecule has 2 amide bonds. The lowest BCUT2D eigenvalue weighted by molar-refractivity contribution is -0.124. The molecule has 2 aliphatic rings. The van der Waals surface area contributed by atoms with E-state index < -0.39 is 0 Å². The first-order chi connectivity index (χ1) is 14.5. The number of anilines is 1. The summed E-state index contributed by atoms with van der Waals surface area (Å²) in [6, 6.07) is 8.60. The number of nitrogens with zero attached hydrogens (tertiary/aromatic N) is 2. The normalized spacial score (nSPS) is 18.7. The average molecular weight is 427 g/mol. The van der Waals surface area contributed by atoms with Crippen molar-refractivity contribution in [1.29, 1.82) is 0 Å². The summed E-state index contributed by atoms with van der Waals surface area (Å²) in [7, 11) is 0. The highest BCUT2D eigenvalue weighted by atomic mass is 32.1. The van der Waals surface area contributed by atoms with Crippen LogP contribution in [0.4, 0.5) is 5.13 Å². The molecule has 2 heterocycles. The second-order valence-electron chi connectivity index (χ2n) is 8.63. The van der Waals surface area contributed by atoms with E-state index >= 15 is 0 Å². The molecule has 1 saturated heterocycles. The van der Waals surface area contributed by atoms with Gasteiger partial charge in [-0.05, 0) is 64.1 Å². The molecule has 1 aliphatic heterocycles. The van der Waals surface area contributed by atoms with E-state index in [4.69, 9.17) is 0 Å². The van der Waals surface area contributed by atoms with Gasteiger partial charge in [-0.2, -0.15) is 0 Å². The molecule has 1 aliphatic carbocycles. The van der Waals surface area contributed by atoms with Gasteiger partial charge in [0.05, 0.1) is 18.3 Å². The Hall–Kier alpha value is -2.25. The number of carbonyl (C=O) groups is 2. The molecular weight excluding hydrogens is 396 g/mol. The van der Waals surface area contributed by atoms with Crippen molar-refractivity contribution in [2.24, 2.45) is 11.8 Å². The van der Waals surface area contributed by atoms with E-state index in [2.05, 4.69) is 51.7 Å². The van der Waals surface area contributed by atoms with Crippen LogP contribution in [0, 0.1) is 25.7 Å². The number of rotatable bonds is 7. The van der Waals surface area contributed by atoms with Gasteiger partial charge in [0.25, 0.3) is 0 Å². The fraction of sp³-hybridized carbons (Fsp3) is 0.522. The van der Waals surface area contributed by atoms with E-state index in [0.29, 0.717) is 17.6 Å². The van der Waals surface area contributed by atoms with E-state index in [-0.39, 0.29) is 23.8 Å². The number of nitrogens with one attached hydrogen (secondary N) is 2. The van der Waals surface area contributed by atoms with E-state index in [9.17, 15) is 9.59 Å². The van der Waals surface area contributed by atoms with Crippen molar-refractivity contribution in [2.45, 2.75) is 45.6 Å². The Labute approximate surface area is 182 Å². The number of carbonyl (C=O) groups excluding carboxylic acids is 2. The number of benzene rings is 1. The van der Waals surface area contributed by atoms with Gasteiger partial charge in [-0.25, -0.2) is 4.98 Å². The van der Waals surface area contributed by atoms with Gasteiger partial charge in [-0.1, -0.05) is 29.8 Å². The van der Waals surface area contributed by atoms with Gasteiger partial charge in [-0.15, -0.1) is 11.3 Å². The zero-order valence-corrected chi connectivity index (χ0v) is 18.5. The fourth-order valence-corrected chi connectivity index (χ4v) is 4.76. The third kappa shape index (κ3) is 5.46. The monoisotopic (exact) mass is 426 g/mol. The zero-order valence-electron chi connectivity index (χ0n) is 17.7. The predicted molar refractivity (Wildman–Crippen MR) is 119 cm³/mol. The van der Waals surface area contributed by atoms with Gasteiger partial charge in [0.2, 0.25) is 11.8 Å². The van der Waals surface area contributed by atoms with Crippen molar-refractivity contribution in [2.75, 3.05) is 25.0 Å². The minimum absolute atomic E-state index is 0.0136. The van der Waals surface area contributed by atoms with Crippen molar-refractivity contribution in [1.82, 2.24) is 15.2 Å². The first kappa shape index (κ1) is 21.0. The molecule has 0 bridgehead atoms. The number of hydrogen-bond donors (Lipinski definition) is 2. The molecule has 7 heteroatoms. The third-order valence-electron chi connectivity index (χ3n) is 6.02. The van der Waals surface area contributed by atoms with Crippen LogP contribution >= 0.6 is 11.3 Å². The summed E-state index contributed by atoms with van der Waals surface area (Å²) in [4.78, 5) is 31.6. The van der Waals surface area contributed by atoms with Crippen LogP contribution in [0.3, 0.4) is 0 Å². The van der Waals surface area contributed by atoms with Crippen molar-refractivity contribution in [3.63, 3.8) is 0 Å². The van der Waals surface area contributed by atoms with Gasteiger partial charge in [0.15, 0.2) is 5.13 Å². The minimum atomic E-state index is -0.0136. The van der Waals surface area contributed by atoms with Crippen molar-refractivity contribution < 1.29 is 9.59 Å². The molecule has 30 heavy (non-hydrogen) atoms. The molecule has 4 rings (SSSR count). The Bertz CT molecular complexity index is 883. The van der Waals surface area contributed by atoms with Gasteiger partial charge in [0.1, 0.15) is 0 Å². The van der Waals surface area contributed by atoms with Crippen LogP contribution < -0.4 is 10.6 Å². The fourth-order valence-electron chi connectivity index (χ4n) is 4.07. The lowest BCUT2D eigenvalue weighted by Gasteiger charge is -2.31. The van der Waals surface area contributed by atoms with Gasteiger partial charge >= 0.3 is 0 Å². The zero-order chi connectivity index (χ0) is 21.1. The summed E-state index contributed by atoms with van der Waals surface area (Å²) >= 11 is 1.46. The van der Waals surface area contributed by atoms with Crippen LogP contribution in [0.1, 0.15) is 48.5 Å². The molecule has 0 radical (unpaired) electrons. The minimum Gasteiger partial charge on any atom is -0.348 e. The van der Waals surface area contributed by atoms with E-state index in [1.165, 1.54) is 35.3 Å². The number of amides is 2. The van der Waals surface area contributed by atoms with E-state index in [0.717, 1.165) is 31.6 Å².